The van der Waals surface area contributed by atoms with Crippen LogP contribution >= 0.6 is 0 Å². The van der Waals surface area contributed by atoms with Crippen molar-refractivity contribution in [3.63, 3.8) is 0 Å². The lowest BCUT2D eigenvalue weighted by Crippen LogP contribution is -2.40. The molecule has 13 heavy (non-hydrogen) atoms. The van der Waals surface area contributed by atoms with E-state index in [-0.39, 0.29) is 6.04 Å². The Morgan fingerprint density at radius 2 is 1.77 bits per heavy atom. The fraction of sp³-hybridized carbons (Fsp3) is 0.455. The Bertz CT molecular complexity index is 275. The highest BCUT2D eigenvalue weighted by atomic mass is 16.3. The number of aliphatic hydroxyl groups is 1. The van der Waals surface area contributed by atoms with Crippen LogP contribution in [0.15, 0.2) is 24.3 Å². The zero-order chi connectivity index (χ0) is 10.1. The molecule has 2 atom stereocenters. The van der Waals surface area contributed by atoms with Gasteiger partial charge < -0.3 is 10.8 Å². The summed E-state index contributed by atoms with van der Waals surface area (Å²) in [7, 11) is 0. The molecular formula is C11H17NO. The van der Waals surface area contributed by atoms with Gasteiger partial charge in [-0.25, -0.2) is 0 Å². The summed E-state index contributed by atoms with van der Waals surface area (Å²) < 4.78 is 0. The van der Waals surface area contributed by atoms with Crippen molar-refractivity contribution in [1.29, 1.82) is 0 Å². The topological polar surface area (TPSA) is 46.2 Å². The van der Waals surface area contributed by atoms with Crippen LogP contribution in [0.3, 0.4) is 0 Å². The molecule has 0 spiro atoms. The van der Waals surface area contributed by atoms with Gasteiger partial charge in [0, 0.05) is 6.04 Å². The molecule has 0 saturated heterocycles. The monoisotopic (exact) mass is 179 g/mol. The van der Waals surface area contributed by atoms with Crippen LogP contribution in [0.1, 0.15) is 25.0 Å². The molecule has 1 aromatic rings. The van der Waals surface area contributed by atoms with E-state index >= 15 is 0 Å². The number of hydrogen-bond donors (Lipinski definition) is 2. The van der Waals surface area contributed by atoms with Crippen molar-refractivity contribution in [2.45, 2.75) is 32.4 Å². The minimum Gasteiger partial charge on any atom is -0.384 e. The van der Waals surface area contributed by atoms with Gasteiger partial charge in [-0.05, 0) is 26.3 Å². The van der Waals surface area contributed by atoms with Gasteiger partial charge in [0.15, 0.2) is 0 Å². The average Bonchev–Trinajstić information content (AvgIpc) is 2.04. The first-order valence-corrected chi connectivity index (χ1v) is 4.49. The Kier molecular flexibility index (Phi) is 2.74. The van der Waals surface area contributed by atoms with Gasteiger partial charge in [0.2, 0.25) is 0 Å². The second kappa shape index (κ2) is 3.48. The van der Waals surface area contributed by atoms with Crippen LogP contribution in [0.4, 0.5) is 0 Å². The molecule has 1 rings (SSSR count). The zero-order valence-corrected chi connectivity index (χ0v) is 8.41. The molecule has 2 unspecified atom stereocenters. The number of benzene rings is 1. The standard InChI is InChI=1S/C11H17NO/c1-8-4-6-10(7-5-8)11(3,13)9(2)12/h4-7,9,13H,12H2,1-3H3. The van der Waals surface area contributed by atoms with Gasteiger partial charge in [-0.1, -0.05) is 29.8 Å². The molecule has 0 amide bonds. The van der Waals surface area contributed by atoms with Crippen molar-refractivity contribution in [1.82, 2.24) is 0 Å². The molecule has 0 aliphatic heterocycles. The van der Waals surface area contributed by atoms with Gasteiger partial charge in [0.05, 0.1) is 0 Å². The van der Waals surface area contributed by atoms with Crippen LogP contribution in [-0.2, 0) is 5.60 Å². The van der Waals surface area contributed by atoms with Crippen LogP contribution in [0.5, 0.6) is 0 Å². The molecule has 2 nitrogen and oxygen atoms in total. The highest BCUT2D eigenvalue weighted by Gasteiger charge is 2.27. The van der Waals surface area contributed by atoms with Gasteiger partial charge in [-0.3, -0.25) is 0 Å². The molecule has 72 valence electrons. The molecular weight excluding hydrogens is 162 g/mol. The third kappa shape index (κ3) is 2.08. The smallest absolute Gasteiger partial charge is 0.102 e. The van der Waals surface area contributed by atoms with Gasteiger partial charge in [0.1, 0.15) is 5.60 Å². The molecule has 0 radical (unpaired) electrons. The second-order valence-electron chi connectivity index (χ2n) is 3.80. The number of nitrogens with two attached hydrogens (primary N) is 1. The molecule has 0 heterocycles. The largest absolute Gasteiger partial charge is 0.384 e. The normalized spacial score (nSPS) is 17.9. The van der Waals surface area contributed by atoms with Crippen molar-refractivity contribution in [3.8, 4) is 0 Å². The molecule has 0 aliphatic rings. The molecule has 0 saturated carbocycles. The van der Waals surface area contributed by atoms with E-state index in [0.717, 1.165) is 5.56 Å². The Labute approximate surface area is 79.4 Å². The lowest BCUT2D eigenvalue weighted by atomic mass is 9.89. The number of rotatable bonds is 2. The molecule has 0 bridgehead atoms. The van der Waals surface area contributed by atoms with Crippen LogP contribution < -0.4 is 5.73 Å². The first-order chi connectivity index (χ1) is 5.94. The quantitative estimate of drug-likeness (QED) is 0.723. The molecule has 2 heteroatoms. The summed E-state index contributed by atoms with van der Waals surface area (Å²) in [5, 5.41) is 10.0. The van der Waals surface area contributed by atoms with Crippen molar-refractivity contribution in [3.05, 3.63) is 35.4 Å². The maximum absolute atomic E-state index is 10.0. The minimum atomic E-state index is -0.937. The van der Waals surface area contributed by atoms with Crippen LogP contribution in [0.25, 0.3) is 0 Å². The van der Waals surface area contributed by atoms with Crippen LogP contribution in [0.2, 0.25) is 0 Å². The Morgan fingerprint density at radius 3 is 2.15 bits per heavy atom. The van der Waals surface area contributed by atoms with E-state index in [0.29, 0.717) is 0 Å². The highest BCUT2D eigenvalue weighted by molar-refractivity contribution is 5.27. The summed E-state index contributed by atoms with van der Waals surface area (Å²) in [5.74, 6) is 0. The summed E-state index contributed by atoms with van der Waals surface area (Å²) in [6.45, 7) is 5.56. The fourth-order valence-electron chi connectivity index (χ4n) is 1.15. The summed E-state index contributed by atoms with van der Waals surface area (Å²) in [6.07, 6.45) is 0. The van der Waals surface area contributed by atoms with Crippen LogP contribution in [-0.4, -0.2) is 11.1 Å². The van der Waals surface area contributed by atoms with E-state index in [1.54, 1.807) is 13.8 Å². The fourth-order valence-corrected chi connectivity index (χ4v) is 1.15. The lowest BCUT2D eigenvalue weighted by molar-refractivity contribution is 0.0349. The molecule has 1 aromatic carbocycles. The molecule has 0 fully saturated rings. The molecule has 3 N–H and O–H groups in total. The van der Waals surface area contributed by atoms with Crippen molar-refractivity contribution in [2.75, 3.05) is 0 Å². The maximum Gasteiger partial charge on any atom is 0.102 e. The summed E-state index contributed by atoms with van der Waals surface area (Å²) >= 11 is 0. The van der Waals surface area contributed by atoms with E-state index in [2.05, 4.69) is 0 Å². The second-order valence-corrected chi connectivity index (χ2v) is 3.80. The Balaban J connectivity index is 3.01. The van der Waals surface area contributed by atoms with Crippen molar-refractivity contribution < 1.29 is 5.11 Å². The zero-order valence-electron chi connectivity index (χ0n) is 8.41. The van der Waals surface area contributed by atoms with Crippen molar-refractivity contribution in [2.24, 2.45) is 5.73 Å². The first-order valence-electron chi connectivity index (χ1n) is 4.49. The number of hydrogen-bond acceptors (Lipinski definition) is 2. The van der Waals surface area contributed by atoms with Crippen LogP contribution in [0, 0.1) is 6.92 Å². The van der Waals surface area contributed by atoms with E-state index in [1.807, 2.05) is 31.2 Å². The first kappa shape index (κ1) is 10.2. The average molecular weight is 179 g/mol. The summed E-state index contributed by atoms with van der Waals surface area (Å²) in [6, 6.07) is 7.52. The maximum atomic E-state index is 10.0. The third-order valence-electron chi connectivity index (χ3n) is 2.52. The molecule has 0 aliphatic carbocycles. The lowest BCUT2D eigenvalue weighted by Gasteiger charge is -2.28. The Morgan fingerprint density at radius 1 is 1.31 bits per heavy atom. The minimum absolute atomic E-state index is 0.268. The van der Waals surface area contributed by atoms with E-state index in [4.69, 9.17) is 5.73 Å². The predicted molar refractivity (Wildman–Crippen MR) is 54.4 cm³/mol. The van der Waals surface area contributed by atoms with Crippen molar-refractivity contribution >= 4 is 0 Å². The van der Waals surface area contributed by atoms with Gasteiger partial charge in [-0.2, -0.15) is 0 Å². The Hall–Kier alpha value is -0.860. The van der Waals surface area contributed by atoms with E-state index < -0.39 is 5.60 Å². The van der Waals surface area contributed by atoms with E-state index in [1.165, 1.54) is 5.56 Å². The van der Waals surface area contributed by atoms with Gasteiger partial charge in [-0.15, -0.1) is 0 Å². The summed E-state index contributed by atoms with van der Waals surface area (Å²) in [4.78, 5) is 0. The third-order valence-corrected chi connectivity index (χ3v) is 2.52. The van der Waals surface area contributed by atoms with Gasteiger partial charge >= 0.3 is 0 Å². The number of aryl methyl sites for hydroxylation is 1. The van der Waals surface area contributed by atoms with Gasteiger partial charge in [0.25, 0.3) is 0 Å². The predicted octanol–water partition coefficient (Wildman–Crippen LogP) is 1.55. The summed E-state index contributed by atoms with van der Waals surface area (Å²) in [5.41, 5.74) is 6.81. The highest BCUT2D eigenvalue weighted by Crippen LogP contribution is 2.23. The molecule has 0 aromatic heterocycles. The van der Waals surface area contributed by atoms with E-state index in [9.17, 15) is 5.11 Å². The SMILES string of the molecule is Cc1ccc(C(C)(O)C(C)N)cc1.